The molecule has 1 aromatic rings. The summed E-state index contributed by atoms with van der Waals surface area (Å²) in [7, 11) is 2.01. The quantitative estimate of drug-likeness (QED) is 0.482. The molecule has 1 saturated carbocycles. The standard InChI is InChI=1S/C13H18IN3O2/c1-15-9-2-4-10(5-3-9)16-11-6-7-13(17(18)19)12(14)8-11/h6-10,15-16H,2-5H2,1H3. The molecular weight excluding hydrogens is 357 g/mol. The van der Waals surface area contributed by atoms with Gasteiger partial charge >= 0.3 is 0 Å². The second-order valence-corrected chi connectivity index (χ2v) is 6.07. The average molecular weight is 375 g/mol. The van der Waals surface area contributed by atoms with Crippen molar-refractivity contribution in [3.63, 3.8) is 0 Å². The topological polar surface area (TPSA) is 67.2 Å². The molecule has 0 atom stereocenters. The van der Waals surface area contributed by atoms with Gasteiger partial charge in [-0.05, 0) is 67.5 Å². The molecular formula is C13H18IN3O2. The van der Waals surface area contributed by atoms with Gasteiger partial charge in [-0.3, -0.25) is 10.1 Å². The minimum absolute atomic E-state index is 0.171. The molecule has 0 amide bonds. The lowest BCUT2D eigenvalue weighted by molar-refractivity contribution is -0.385. The van der Waals surface area contributed by atoms with Gasteiger partial charge in [-0.15, -0.1) is 0 Å². The summed E-state index contributed by atoms with van der Waals surface area (Å²) >= 11 is 2.01. The van der Waals surface area contributed by atoms with Crippen molar-refractivity contribution in [2.24, 2.45) is 0 Å². The molecule has 5 nitrogen and oxygen atoms in total. The molecule has 1 aromatic carbocycles. The molecule has 0 radical (unpaired) electrons. The number of halogens is 1. The second-order valence-electron chi connectivity index (χ2n) is 4.90. The van der Waals surface area contributed by atoms with E-state index in [0.29, 0.717) is 15.7 Å². The van der Waals surface area contributed by atoms with Crippen LogP contribution in [0.15, 0.2) is 18.2 Å². The predicted molar refractivity (Wildman–Crippen MR) is 84.5 cm³/mol. The first-order valence-electron chi connectivity index (χ1n) is 6.48. The Balaban J connectivity index is 1.97. The van der Waals surface area contributed by atoms with Crippen LogP contribution in [0.1, 0.15) is 25.7 Å². The van der Waals surface area contributed by atoms with Crippen molar-refractivity contribution < 1.29 is 4.92 Å². The van der Waals surface area contributed by atoms with Crippen molar-refractivity contribution in [1.29, 1.82) is 0 Å². The van der Waals surface area contributed by atoms with Crippen LogP contribution in [0.2, 0.25) is 0 Å². The highest BCUT2D eigenvalue weighted by Crippen LogP contribution is 2.27. The Labute approximate surface area is 126 Å². The van der Waals surface area contributed by atoms with Gasteiger partial charge in [0.1, 0.15) is 0 Å². The summed E-state index contributed by atoms with van der Waals surface area (Å²) in [5.74, 6) is 0. The fourth-order valence-corrected chi connectivity index (χ4v) is 3.22. The fraction of sp³-hybridized carbons (Fsp3) is 0.538. The number of benzene rings is 1. The third-order valence-corrected chi connectivity index (χ3v) is 4.51. The summed E-state index contributed by atoms with van der Waals surface area (Å²) in [6, 6.07) is 6.33. The molecule has 0 aromatic heterocycles. The van der Waals surface area contributed by atoms with Crippen LogP contribution in [-0.4, -0.2) is 24.1 Å². The largest absolute Gasteiger partial charge is 0.382 e. The van der Waals surface area contributed by atoms with Gasteiger partial charge in [0.25, 0.3) is 5.69 Å². The maximum absolute atomic E-state index is 10.8. The maximum atomic E-state index is 10.8. The van der Waals surface area contributed by atoms with E-state index in [9.17, 15) is 10.1 Å². The first-order valence-corrected chi connectivity index (χ1v) is 7.55. The molecule has 104 valence electrons. The zero-order valence-electron chi connectivity index (χ0n) is 10.9. The molecule has 0 heterocycles. The van der Waals surface area contributed by atoms with Gasteiger partial charge in [-0.1, -0.05) is 0 Å². The number of hydrogen-bond donors (Lipinski definition) is 2. The van der Waals surface area contributed by atoms with Crippen LogP contribution in [0, 0.1) is 13.7 Å². The number of nitro benzene ring substituents is 1. The molecule has 19 heavy (non-hydrogen) atoms. The normalized spacial score (nSPS) is 23.1. The molecule has 1 fully saturated rings. The Morgan fingerprint density at radius 2 is 1.89 bits per heavy atom. The summed E-state index contributed by atoms with van der Waals surface area (Å²) in [5.41, 5.74) is 1.15. The zero-order valence-corrected chi connectivity index (χ0v) is 13.0. The number of nitrogens with zero attached hydrogens (tertiary/aromatic N) is 1. The highest BCUT2D eigenvalue weighted by atomic mass is 127. The minimum Gasteiger partial charge on any atom is -0.382 e. The van der Waals surface area contributed by atoms with Gasteiger partial charge in [-0.2, -0.15) is 0 Å². The maximum Gasteiger partial charge on any atom is 0.282 e. The van der Waals surface area contributed by atoms with E-state index in [2.05, 4.69) is 10.6 Å². The highest BCUT2D eigenvalue weighted by Gasteiger charge is 2.20. The van der Waals surface area contributed by atoms with Crippen LogP contribution in [0.4, 0.5) is 11.4 Å². The Hall–Kier alpha value is -0.890. The SMILES string of the molecule is CNC1CCC(Nc2ccc([N+](=O)[O-])c(I)c2)CC1. The van der Waals surface area contributed by atoms with E-state index < -0.39 is 0 Å². The zero-order chi connectivity index (χ0) is 13.8. The highest BCUT2D eigenvalue weighted by molar-refractivity contribution is 14.1. The van der Waals surface area contributed by atoms with Crippen molar-refractivity contribution in [3.8, 4) is 0 Å². The first-order chi connectivity index (χ1) is 9.10. The van der Waals surface area contributed by atoms with Crippen LogP contribution in [-0.2, 0) is 0 Å². The smallest absolute Gasteiger partial charge is 0.282 e. The van der Waals surface area contributed by atoms with Crippen molar-refractivity contribution in [2.75, 3.05) is 12.4 Å². The van der Waals surface area contributed by atoms with Crippen LogP contribution in [0.3, 0.4) is 0 Å². The van der Waals surface area contributed by atoms with E-state index in [1.165, 1.54) is 12.8 Å². The monoisotopic (exact) mass is 375 g/mol. The average Bonchev–Trinajstić information content (AvgIpc) is 2.39. The summed E-state index contributed by atoms with van der Waals surface area (Å²) in [4.78, 5) is 10.4. The molecule has 0 bridgehead atoms. The Bertz CT molecular complexity index is 459. The summed E-state index contributed by atoms with van der Waals surface area (Å²) in [6.45, 7) is 0. The summed E-state index contributed by atoms with van der Waals surface area (Å²) < 4.78 is 0.677. The minimum atomic E-state index is -0.344. The summed E-state index contributed by atoms with van der Waals surface area (Å²) in [5, 5.41) is 17.6. The van der Waals surface area contributed by atoms with Crippen LogP contribution >= 0.6 is 22.6 Å². The molecule has 1 aliphatic carbocycles. The first kappa shape index (κ1) is 14.5. The predicted octanol–water partition coefficient (Wildman–Crippen LogP) is 3.14. The number of nitro groups is 1. The van der Waals surface area contributed by atoms with E-state index >= 15 is 0 Å². The molecule has 0 spiro atoms. The molecule has 6 heteroatoms. The lowest BCUT2D eigenvalue weighted by Crippen LogP contribution is -2.34. The number of nitrogens with one attached hydrogen (secondary N) is 2. The second kappa shape index (κ2) is 6.51. The molecule has 1 aliphatic rings. The van der Waals surface area contributed by atoms with Crippen LogP contribution < -0.4 is 10.6 Å². The van der Waals surface area contributed by atoms with Crippen molar-refractivity contribution in [1.82, 2.24) is 5.32 Å². The Morgan fingerprint density at radius 3 is 2.42 bits per heavy atom. The van der Waals surface area contributed by atoms with E-state index in [1.54, 1.807) is 12.1 Å². The molecule has 0 unspecified atom stereocenters. The molecule has 0 saturated heterocycles. The fourth-order valence-electron chi connectivity index (χ4n) is 2.51. The lowest BCUT2D eigenvalue weighted by Gasteiger charge is -2.29. The van der Waals surface area contributed by atoms with E-state index in [0.717, 1.165) is 18.5 Å². The van der Waals surface area contributed by atoms with Gasteiger partial charge in [0, 0.05) is 23.8 Å². The molecule has 2 rings (SSSR count). The van der Waals surface area contributed by atoms with Crippen molar-refractivity contribution >= 4 is 34.0 Å². The van der Waals surface area contributed by atoms with E-state index in [4.69, 9.17) is 0 Å². The number of anilines is 1. The van der Waals surface area contributed by atoms with Crippen LogP contribution in [0.5, 0.6) is 0 Å². The van der Waals surface area contributed by atoms with Crippen molar-refractivity contribution in [3.05, 3.63) is 31.9 Å². The van der Waals surface area contributed by atoms with Crippen molar-refractivity contribution in [2.45, 2.75) is 37.8 Å². The Kier molecular flexibility index (Phi) is 4.98. The third-order valence-electron chi connectivity index (χ3n) is 3.65. The Morgan fingerprint density at radius 1 is 1.26 bits per heavy atom. The molecule has 0 aliphatic heterocycles. The van der Waals surface area contributed by atoms with Crippen LogP contribution in [0.25, 0.3) is 0 Å². The number of hydrogen-bond acceptors (Lipinski definition) is 4. The molecule has 2 N–H and O–H groups in total. The van der Waals surface area contributed by atoms with Gasteiger partial charge in [-0.25, -0.2) is 0 Å². The number of rotatable bonds is 4. The third kappa shape index (κ3) is 3.79. The summed E-state index contributed by atoms with van der Waals surface area (Å²) in [6.07, 6.45) is 4.63. The van der Waals surface area contributed by atoms with E-state index in [1.807, 2.05) is 35.7 Å². The van der Waals surface area contributed by atoms with Gasteiger partial charge in [0.2, 0.25) is 0 Å². The lowest BCUT2D eigenvalue weighted by atomic mass is 9.91. The van der Waals surface area contributed by atoms with Gasteiger partial charge in [0.15, 0.2) is 0 Å². The van der Waals surface area contributed by atoms with E-state index in [-0.39, 0.29) is 10.6 Å². The van der Waals surface area contributed by atoms with Gasteiger partial charge in [0.05, 0.1) is 8.49 Å². The van der Waals surface area contributed by atoms with Gasteiger partial charge < -0.3 is 10.6 Å².